The summed E-state index contributed by atoms with van der Waals surface area (Å²) in [6, 6.07) is 10.3. The van der Waals surface area contributed by atoms with E-state index in [0.717, 1.165) is 53.0 Å². The zero-order chi connectivity index (χ0) is 30.2. The summed E-state index contributed by atoms with van der Waals surface area (Å²) in [5.74, 6) is -0.0664. The molecule has 42 heavy (non-hydrogen) atoms. The molecule has 2 amide bonds. The highest BCUT2D eigenvalue weighted by Crippen LogP contribution is 2.32. The zero-order valence-electron chi connectivity index (χ0n) is 25.3. The second-order valence-corrected chi connectivity index (χ2v) is 12.2. The average Bonchev–Trinajstić information content (AvgIpc) is 3.37. The molecule has 0 bridgehead atoms. The topological polar surface area (TPSA) is 114 Å². The molecule has 2 aromatic heterocycles. The fourth-order valence-electron chi connectivity index (χ4n) is 5.54. The van der Waals surface area contributed by atoms with Gasteiger partial charge in [0, 0.05) is 69.6 Å². The summed E-state index contributed by atoms with van der Waals surface area (Å²) in [7, 11) is 3.51. The standard InChI is InChI=1S/C33H40N6O3/c1-20-14-23(15-24-18-39(11-9-25(20)24)12-10-29(40)36-19-33(3,4)42)28-17-35-31-30(37-28)27(16-34-31)22-7-8-26(21(2)13-22)32(41)38(5)6/h7-8,13-17,42H,9-12,18-19H2,1-6H3,(H,34,35)(H,36,40). The van der Waals surface area contributed by atoms with Crippen LogP contribution in [0.1, 0.15) is 52.9 Å². The Morgan fingerprint density at radius 2 is 1.88 bits per heavy atom. The second-order valence-electron chi connectivity index (χ2n) is 12.2. The number of aromatic amines is 1. The highest BCUT2D eigenvalue weighted by Gasteiger charge is 2.21. The molecule has 0 radical (unpaired) electrons. The van der Waals surface area contributed by atoms with E-state index in [2.05, 4.69) is 39.2 Å². The maximum atomic E-state index is 12.5. The molecule has 3 heterocycles. The number of aromatic nitrogens is 3. The van der Waals surface area contributed by atoms with Gasteiger partial charge >= 0.3 is 0 Å². The number of aliphatic hydroxyl groups is 1. The normalized spacial score (nSPS) is 13.7. The first-order chi connectivity index (χ1) is 19.9. The summed E-state index contributed by atoms with van der Waals surface area (Å²) in [6.45, 7) is 10.0. The van der Waals surface area contributed by atoms with E-state index in [9.17, 15) is 14.7 Å². The quantitative estimate of drug-likeness (QED) is 0.293. The molecule has 4 aromatic rings. The molecule has 2 aromatic carbocycles. The molecule has 0 atom stereocenters. The predicted octanol–water partition coefficient (Wildman–Crippen LogP) is 4.25. The van der Waals surface area contributed by atoms with Crippen LogP contribution in [0, 0.1) is 13.8 Å². The third-order valence-electron chi connectivity index (χ3n) is 7.86. The van der Waals surface area contributed by atoms with Gasteiger partial charge in [-0.1, -0.05) is 12.1 Å². The van der Waals surface area contributed by atoms with Gasteiger partial charge < -0.3 is 20.3 Å². The third kappa shape index (κ3) is 6.37. The lowest BCUT2D eigenvalue weighted by Crippen LogP contribution is -2.40. The number of aryl methyl sites for hydroxylation is 2. The Morgan fingerprint density at radius 3 is 2.60 bits per heavy atom. The molecule has 0 saturated heterocycles. The monoisotopic (exact) mass is 568 g/mol. The van der Waals surface area contributed by atoms with Crippen molar-refractivity contribution in [1.29, 1.82) is 0 Å². The summed E-state index contributed by atoms with van der Waals surface area (Å²) in [5.41, 5.74) is 9.75. The molecule has 0 unspecified atom stereocenters. The minimum absolute atomic E-state index is 0.0181. The van der Waals surface area contributed by atoms with Gasteiger partial charge in [0.25, 0.3) is 5.91 Å². The van der Waals surface area contributed by atoms with Crippen LogP contribution in [0.4, 0.5) is 0 Å². The lowest BCUT2D eigenvalue weighted by molar-refractivity contribution is -0.122. The summed E-state index contributed by atoms with van der Waals surface area (Å²) in [6.07, 6.45) is 5.06. The Hall–Kier alpha value is -4.08. The van der Waals surface area contributed by atoms with Gasteiger partial charge in [-0.3, -0.25) is 14.5 Å². The molecule has 9 nitrogen and oxygen atoms in total. The molecule has 0 saturated carbocycles. The van der Waals surface area contributed by atoms with Gasteiger partial charge in [0.05, 0.1) is 17.5 Å². The van der Waals surface area contributed by atoms with Gasteiger partial charge in [-0.15, -0.1) is 0 Å². The lowest BCUT2D eigenvalue weighted by Gasteiger charge is -2.30. The minimum Gasteiger partial charge on any atom is -0.389 e. The number of nitrogens with zero attached hydrogens (tertiary/aromatic N) is 4. The fourth-order valence-corrected chi connectivity index (χ4v) is 5.54. The zero-order valence-corrected chi connectivity index (χ0v) is 25.3. The first-order valence-electron chi connectivity index (χ1n) is 14.4. The van der Waals surface area contributed by atoms with Crippen LogP contribution < -0.4 is 5.32 Å². The highest BCUT2D eigenvalue weighted by atomic mass is 16.3. The van der Waals surface area contributed by atoms with E-state index in [4.69, 9.17) is 4.98 Å². The highest BCUT2D eigenvalue weighted by molar-refractivity contribution is 5.97. The molecule has 5 rings (SSSR count). The maximum Gasteiger partial charge on any atom is 0.253 e. The number of H-pyrrole nitrogens is 1. The minimum atomic E-state index is -0.920. The van der Waals surface area contributed by atoms with E-state index in [-0.39, 0.29) is 18.4 Å². The van der Waals surface area contributed by atoms with E-state index in [1.165, 1.54) is 16.7 Å². The number of hydrogen-bond acceptors (Lipinski definition) is 6. The van der Waals surface area contributed by atoms with Crippen LogP contribution in [0.3, 0.4) is 0 Å². The van der Waals surface area contributed by atoms with Crippen molar-refractivity contribution < 1.29 is 14.7 Å². The third-order valence-corrected chi connectivity index (χ3v) is 7.86. The Morgan fingerprint density at radius 1 is 1.12 bits per heavy atom. The molecular formula is C33H40N6O3. The van der Waals surface area contributed by atoms with E-state index in [1.807, 2.05) is 37.5 Å². The number of carbonyl (C=O) groups is 2. The number of amides is 2. The molecule has 1 aliphatic rings. The molecule has 9 heteroatoms. The predicted molar refractivity (Wildman–Crippen MR) is 165 cm³/mol. The largest absolute Gasteiger partial charge is 0.389 e. The number of rotatable bonds is 8. The number of benzene rings is 2. The molecule has 0 aliphatic carbocycles. The summed E-state index contributed by atoms with van der Waals surface area (Å²) < 4.78 is 0. The first kappa shape index (κ1) is 29.4. The van der Waals surface area contributed by atoms with E-state index >= 15 is 0 Å². The van der Waals surface area contributed by atoms with Crippen molar-refractivity contribution in [2.45, 2.75) is 52.7 Å². The van der Waals surface area contributed by atoms with Crippen LogP contribution in [0.2, 0.25) is 0 Å². The summed E-state index contributed by atoms with van der Waals surface area (Å²) in [5, 5.41) is 12.7. The molecule has 0 fully saturated rings. The van der Waals surface area contributed by atoms with Crippen LogP contribution in [0.5, 0.6) is 0 Å². The van der Waals surface area contributed by atoms with Gasteiger partial charge in [0.1, 0.15) is 5.52 Å². The van der Waals surface area contributed by atoms with E-state index in [1.54, 1.807) is 32.8 Å². The Kier molecular flexibility index (Phi) is 8.17. The van der Waals surface area contributed by atoms with Crippen molar-refractivity contribution in [3.63, 3.8) is 0 Å². The Bertz CT molecular complexity index is 1650. The van der Waals surface area contributed by atoms with Crippen LogP contribution >= 0.6 is 0 Å². The number of hydrogen-bond donors (Lipinski definition) is 3. The van der Waals surface area contributed by atoms with Crippen molar-refractivity contribution >= 4 is 23.0 Å². The number of nitrogens with one attached hydrogen (secondary N) is 2. The average molecular weight is 569 g/mol. The second kappa shape index (κ2) is 11.7. The fraction of sp³-hybridized carbons (Fsp3) is 0.394. The van der Waals surface area contributed by atoms with Crippen LogP contribution in [0.15, 0.2) is 42.7 Å². The van der Waals surface area contributed by atoms with Crippen molar-refractivity contribution in [1.82, 2.24) is 30.1 Å². The molecule has 3 N–H and O–H groups in total. The van der Waals surface area contributed by atoms with Gasteiger partial charge in [0.2, 0.25) is 5.91 Å². The van der Waals surface area contributed by atoms with Crippen LogP contribution in [0.25, 0.3) is 33.5 Å². The maximum absolute atomic E-state index is 12.5. The van der Waals surface area contributed by atoms with Crippen LogP contribution in [-0.4, -0.2) is 81.0 Å². The van der Waals surface area contributed by atoms with Gasteiger partial charge in [-0.05, 0) is 80.1 Å². The van der Waals surface area contributed by atoms with Crippen molar-refractivity contribution in [3.05, 3.63) is 70.5 Å². The van der Waals surface area contributed by atoms with Gasteiger partial charge in [-0.25, -0.2) is 9.97 Å². The van der Waals surface area contributed by atoms with E-state index < -0.39 is 5.60 Å². The van der Waals surface area contributed by atoms with Crippen molar-refractivity contribution in [2.24, 2.45) is 0 Å². The molecular weight excluding hydrogens is 528 g/mol. The lowest BCUT2D eigenvalue weighted by atomic mass is 9.92. The molecule has 0 spiro atoms. The smallest absolute Gasteiger partial charge is 0.253 e. The Labute approximate surface area is 247 Å². The van der Waals surface area contributed by atoms with Crippen LogP contribution in [-0.2, 0) is 17.8 Å². The first-order valence-corrected chi connectivity index (χ1v) is 14.4. The molecule has 1 aliphatic heterocycles. The number of fused-ring (bicyclic) bond motifs is 2. The SMILES string of the molecule is Cc1cc(-c2c[nH]c3ncc(-c4cc(C)c5c(c4)CN(CCC(=O)NCC(C)(C)O)CC5)nc23)ccc1C(=O)N(C)C. The van der Waals surface area contributed by atoms with Crippen molar-refractivity contribution in [2.75, 3.05) is 33.7 Å². The van der Waals surface area contributed by atoms with Gasteiger partial charge in [-0.2, -0.15) is 0 Å². The number of carbonyl (C=O) groups excluding carboxylic acids is 2. The molecule has 220 valence electrons. The van der Waals surface area contributed by atoms with Gasteiger partial charge in [0.15, 0.2) is 5.65 Å². The van der Waals surface area contributed by atoms with Crippen molar-refractivity contribution in [3.8, 4) is 22.4 Å². The summed E-state index contributed by atoms with van der Waals surface area (Å²) >= 11 is 0. The van der Waals surface area contributed by atoms with E-state index in [0.29, 0.717) is 24.2 Å². The summed E-state index contributed by atoms with van der Waals surface area (Å²) in [4.78, 5) is 41.7. The Balaban J connectivity index is 1.38.